The van der Waals surface area contributed by atoms with Crippen molar-refractivity contribution in [1.29, 1.82) is 0 Å². The normalized spacial score (nSPS) is 14.9. The summed E-state index contributed by atoms with van der Waals surface area (Å²) in [4.78, 5) is 13.8. The number of ether oxygens (including phenoxy) is 2. The third kappa shape index (κ3) is 9.45. The summed E-state index contributed by atoms with van der Waals surface area (Å²) in [7, 11) is 0. The van der Waals surface area contributed by atoms with E-state index in [0.29, 0.717) is 32.8 Å². The topological polar surface area (TPSA) is 85.0 Å². The Labute approximate surface area is 147 Å². The molecule has 0 aliphatic carbocycles. The molecule has 2 atom stereocenters. The van der Waals surface area contributed by atoms with Crippen molar-refractivity contribution in [2.45, 2.75) is 65.9 Å². The van der Waals surface area contributed by atoms with Crippen LogP contribution in [0.2, 0.25) is 0 Å². The first-order chi connectivity index (χ1) is 11.5. The van der Waals surface area contributed by atoms with Crippen LogP contribution >= 0.6 is 0 Å². The van der Waals surface area contributed by atoms with Crippen molar-refractivity contribution in [2.24, 2.45) is 11.1 Å². The number of unbranched alkanes of at least 4 members (excludes halogenated alkanes) is 1. The van der Waals surface area contributed by atoms with Crippen LogP contribution in [-0.4, -0.2) is 61.7 Å². The standard InChI is InChI=1S/C18H38N2O4/c1-5-8-9-16(13-21)23-14-18(4,7-3)15-24-17(22)20(11-6-2)12-10-19/h16,21H,5-15,19H2,1-4H3. The van der Waals surface area contributed by atoms with Gasteiger partial charge in [-0.1, -0.05) is 40.5 Å². The van der Waals surface area contributed by atoms with Crippen LogP contribution in [0.3, 0.4) is 0 Å². The minimum Gasteiger partial charge on any atom is -0.449 e. The monoisotopic (exact) mass is 346 g/mol. The summed E-state index contributed by atoms with van der Waals surface area (Å²) in [6.07, 6.45) is 4.22. The molecule has 1 amide bonds. The van der Waals surface area contributed by atoms with E-state index >= 15 is 0 Å². The van der Waals surface area contributed by atoms with Crippen LogP contribution < -0.4 is 5.73 Å². The number of carbonyl (C=O) groups is 1. The predicted octanol–water partition coefficient (Wildman–Crippen LogP) is 2.78. The van der Waals surface area contributed by atoms with Gasteiger partial charge in [-0.15, -0.1) is 0 Å². The zero-order valence-electron chi connectivity index (χ0n) is 16.1. The lowest BCUT2D eigenvalue weighted by Gasteiger charge is -2.31. The molecule has 0 aliphatic heterocycles. The van der Waals surface area contributed by atoms with E-state index in [1.54, 1.807) is 4.90 Å². The predicted molar refractivity (Wildman–Crippen MR) is 97.0 cm³/mol. The molecule has 0 aromatic carbocycles. The number of aliphatic hydroxyl groups is 1. The van der Waals surface area contributed by atoms with Gasteiger partial charge in [0.05, 0.1) is 19.3 Å². The van der Waals surface area contributed by atoms with E-state index in [2.05, 4.69) is 13.8 Å². The minimum atomic E-state index is -0.313. The number of hydrogen-bond donors (Lipinski definition) is 2. The Morgan fingerprint density at radius 1 is 1.21 bits per heavy atom. The molecule has 0 bridgehead atoms. The van der Waals surface area contributed by atoms with Gasteiger partial charge in [0.25, 0.3) is 0 Å². The molecule has 0 aliphatic rings. The molecule has 0 aromatic rings. The fourth-order valence-corrected chi connectivity index (χ4v) is 2.27. The largest absolute Gasteiger partial charge is 0.449 e. The Morgan fingerprint density at radius 2 is 1.92 bits per heavy atom. The molecule has 0 heterocycles. The highest BCUT2D eigenvalue weighted by Crippen LogP contribution is 2.24. The van der Waals surface area contributed by atoms with Crippen molar-refractivity contribution in [3.8, 4) is 0 Å². The van der Waals surface area contributed by atoms with Gasteiger partial charge in [0.1, 0.15) is 6.61 Å². The van der Waals surface area contributed by atoms with Gasteiger partial charge in [0.2, 0.25) is 0 Å². The zero-order chi connectivity index (χ0) is 18.4. The fourth-order valence-electron chi connectivity index (χ4n) is 2.27. The van der Waals surface area contributed by atoms with Crippen LogP contribution in [0.5, 0.6) is 0 Å². The van der Waals surface area contributed by atoms with Crippen molar-refractivity contribution < 1.29 is 19.4 Å². The van der Waals surface area contributed by atoms with Crippen molar-refractivity contribution in [3.63, 3.8) is 0 Å². The molecular weight excluding hydrogens is 308 g/mol. The van der Waals surface area contributed by atoms with Crippen LogP contribution in [-0.2, 0) is 9.47 Å². The number of nitrogens with zero attached hydrogens (tertiary/aromatic N) is 1. The Bertz CT molecular complexity index is 322. The maximum atomic E-state index is 12.2. The second-order valence-electron chi connectivity index (χ2n) is 6.75. The number of hydrogen-bond acceptors (Lipinski definition) is 5. The summed E-state index contributed by atoms with van der Waals surface area (Å²) >= 11 is 0. The van der Waals surface area contributed by atoms with Gasteiger partial charge in [-0.2, -0.15) is 0 Å². The summed E-state index contributed by atoms with van der Waals surface area (Å²) < 4.78 is 11.4. The molecule has 6 heteroatoms. The molecule has 0 saturated carbocycles. The van der Waals surface area contributed by atoms with Crippen LogP contribution in [0.4, 0.5) is 4.79 Å². The molecule has 0 rings (SSSR count). The van der Waals surface area contributed by atoms with E-state index < -0.39 is 0 Å². The SMILES string of the molecule is CCCCC(CO)OCC(C)(CC)COC(=O)N(CCC)CCN. The lowest BCUT2D eigenvalue weighted by atomic mass is 9.89. The number of rotatable bonds is 14. The van der Waals surface area contributed by atoms with E-state index in [4.69, 9.17) is 15.2 Å². The van der Waals surface area contributed by atoms with Crippen molar-refractivity contribution in [2.75, 3.05) is 39.5 Å². The van der Waals surface area contributed by atoms with Gasteiger partial charge in [-0.3, -0.25) is 0 Å². The second-order valence-corrected chi connectivity index (χ2v) is 6.75. The highest BCUT2D eigenvalue weighted by atomic mass is 16.6. The Morgan fingerprint density at radius 3 is 2.42 bits per heavy atom. The molecule has 0 saturated heterocycles. The number of amides is 1. The summed E-state index contributed by atoms with van der Waals surface area (Å²) in [6.45, 7) is 10.6. The zero-order valence-corrected chi connectivity index (χ0v) is 16.1. The van der Waals surface area contributed by atoms with Gasteiger partial charge >= 0.3 is 6.09 Å². The Kier molecular flexibility index (Phi) is 13.0. The number of aliphatic hydroxyl groups excluding tert-OH is 1. The Hall–Kier alpha value is -0.850. The van der Waals surface area contributed by atoms with Crippen LogP contribution in [0, 0.1) is 5.41 Å². The first-order valence-electron chi connectivity index (χ1n) is 9.30. The molecule has 3 N–H and O–H groups in total. The molecule has 6 nitrogen and oxygen atoms in total. The number of nitrogens with two attached hydrogens (primary N) is 1. The molecular formula is C18H38N2O4. The third-order valence-corrected chi connectivity index (χ3v) is 4.30. The maximum absolute atomic E-state index is 12.2. The van der Waals surface area contributed by atoms with Crippen molar-refractivity contribution in [1.82, 2.24) is 4.90 Å². The second kappa shape index (κ2) is 13.4. The smallest absolute Gasteiger partial charge is 0.409 e. The first-order valence-corrected chi connectivity index (χ1v) is 9.30. The van der Waals surface area contributed by atoms with Gasteiger partial charge in [-0.25, -0.2) is 4.79 Å². The lowest BCUT2D eigenvalue weighted by Crippen LogP contribution is -2.39. The van der Waals surface area contributed by atoms with E-state index in [-0.39, 0.29) is 24.2 Å². The molecule has 0 spiro atoms. The quantitative estimate of drug-likeness (QED) is 0.505. The Balaban J connectivity index is 4.45. The van der Waals surface area contributed by atoms with Gasteiger partial charge < -0.3 is 25.2 Å². The summed E-state index contributed by atoms with van der Waals surface area (Å²) in [6, 6.07) is 0. The molecule has 24 heavy (non-hydrogen) atoms. The van der Waals surface area contributed by atoms with Gasteiger partial charge in [0.15, 0.2) is 0 Å². The first kappa shape index (κ1) is 23.1. The average molecular weight is 347 g/mol. The molecule has 0 fully saturated rings. The van der Waals surface area contributed by atoms with E-state index in [9.17, 15) is 9.90 Å². The highest BCUT2D eigenvalue weighted by molar-refractivity contribution is 5.67. The third-order valence-electron chi connectivity index (χ3n) is 4.30. The van der Waals surface area contributed by atoms with Crippen LogP contribution in [0.15, 0.2) is 0 Å². The molecule has 144 valence electrons. The van der Waals surface area contributed by atoms with Gasteiger partial charge in [0, 0.05) is 25.0 Å². The van der Waals surface area contributed by atoms with Gasteiger partial charge in [-0.05, 0) is 19.3 Å². The van der Waals surface area contributed by atoms with Crippen LogP contribution in [0.25, 0.3) is 0 Å². The summed E-state index contributed by atoms with van der Waals surface area (Å²) in [5, 5.41) is 9.40. The van der Waals surface area contributed by atoms with Crippen molar-refractivity contribution in [3.05, 3.63) is 0 Å². The summed E-state index contributed by atoms with van der Waals surface area (Å²) in [5.74, 6) is 0. The molecule has 0 radical (unpaired) electrons. The lowest BCUT2D eigenvalue weighted by molar-refractivity contribution is -0.0540. The minimum absolute atomic E-state index is 0.0281. The van der Waals surface area contributed by atoms with Crippen LogP contribution in [0.1, 0.15) is 59.8 Å². The average Bonchev–Trinajstić information content (AvgIpc) is 2.59. The van der Waals surface area contributed by atoms with E-state index in [0.717, 1.165) is 32.1 Å². The summed E-state index contributed by atoms with van der Waals surface area (Å²) in [5.41, 5.74) is 5.29. The maximum Gasteiger partial charge on any atom is 0.409 e. The van der Waals surface area contributed by atoms with E-state index in [1.807, 2.05) is 13.8 Å². The molecule has 2 unspecified atom stereocenters. The van der Waals surface area contributed by atoms with E-state index in [1.165, 1.54) is 0 Å². The highest BCUT2D eigenvalue weighted by Gasteiger charge is 2.27. The van der Waals surface area contributed by atoms with Crippen molar-refractivity contribution >= 4 is 6.09 Å². The molecule has 0 aromatic heterocycles. The number of carbonyl (C=O) groups excluding carboxylic acids is 1. The fraction of sp³-hybridized carbons (Fsp3) is 0.944.